The topological polar surface area (TPSA) is 86.7 Å². The number of hydrogen-bond donors (Lipinski definition) is 0. The highest BCUT2D eigenvalue weighted by Crippen LogP contribution is 2.25. The maximum absolute atomic E-state index is 12.8. The number of aromatic nitrogens is 3. The highest BCUT2D eigenvalue weighted by molar-refractivity contribution is 5.96. The Balaban J connectivity index is 1.67. The second-order valence-corrected chi connectivity index (χ2v) is 5.44. The van der Waals surface area contributed by atoms with E-state index in [9.17, 15) is 4.79 Å². The van der Waals surface area contributed by atoms with Crippen molar-refractivity contribution in [3.05, 3.63) is 36.3 Å². The highest BCUT2D eigenvalue weighted by Gasteiger charge is 2.31. The van der Waals surface area contributed by atoms with Crippen LogP contribution >= 0.6 is 0 Å². The van der Waals surface area contributed by atoms with Gasteiger partial charge in [0.15, 0.2) is 0 Å². The molecule has 0 aromatic carbocycles. The summed E-state index contributed by atoms with van der Waals surface area (Å²) in [6.45, 7) is 3.36. The summed E-state index contributed by atoms with van der Waals surface area (Å²) in [5.74, 6) is 0.905. The van der Waals surface area contributed by atoms with Gasteiger partial charge in [0.2, 0.25) is 5.88 Å². The average molecular weight is 344 g/mol. The number of pyridine rings is 1. The second-order valence-electron chi connectivity index (χ2n) is 5.44. The third-order valence-corrected chi connectivity index (χ3v) is 3.82. The van der Waals surface area contributed by atoms with E-state index >= 15 is 0 Å². The molecule has 3 heterocycles. The molecule has 0 aliphatic carbocycles. The van der Waals surface area contributed by atoms with Crippen LogP contribution in [0.3, 0.4) is 0 Å². The summed E-state index contributed by atoms with van der Waals surface area (Å²) in [5.41, 5.74) is 0.460. The normalized spacial score (nSPS) is 16.6. The van der Waals surface area contributed by atoms with Gasteiger partial charge in [0.1, 0.15) is 11.7 Å². The van der Waals surface area contributed by atoms with Crippen molar-refractivity contribution in [1.29, 1.82) is 0 Å². The average Bonchev–Trinajstić information content (AvgIpc) is 3.11. The summed E-state index contributed by atoms with van der Waals surface area (Å²) in [6, 6.07) is 3.45. The molecule has 0 spiro atoms. The third-order valence-electron chi connectivity index (χ3n) is 3.82. The van der Waals surface area contributed by atoms with Gasteiger partial charge in [0.25, 0.3) is 17.7 Å². The molecule has 1 unspecified atom stereocenters. The minimum Gasteiger partial charge on any atom is -0.477 e. The smallest absolute Gasteiger partial charge is 0.278 e. The fraction of sp³-hybridized carbons (Fsp3) is 0.412. The fourth-order valence-corrected chi connectivity index (χ4v) is 2.68. The van der Waals surface area contributed by atoms with Crippen molar-refractivity contribution in [2.45, 2.75) is 19.4 Å². The lowest BCUT2D eigenvalue weighted by molar-refractivity contribution is 0.0765. The van der Waals surface area contributed by atoms with E-state index in [-0.39, 0.29) is 12.0 Å². The number of carbonyl (C=O) groups excluding carboxylic acids is 1. The van der Waals surface area contributed by atoms with Gasteiger partial charge in [0.05, 0.1) is 20.3 Å². The van der Waals surface area contributed by atoms with E-state index in [1.165, 1.54) is 13.3 Å². The molecule has 1 aliphatic heterocycles. The molecule has 25 heavy (non-hydrogen) atoms. The predicted octanol–water partition coefficient (Wildman–Crippen LogP) is 1.57. The summed E-state index contributed by atoms with van der Waals surface area (Å²) < 4.78 is 16.4. The van der Waals surface area contributed by atoms with Gasteiger partial charge >= 0.3 is 0 Å². The van der Waals surface area contributed by atoms with E-state index in [0.717, 1.165) is 0 Å². The van der Waals surface area contributed by atoms with Crippen molar-refractivity contribution in [1.82, 2.24) is 19.9 Å². The molecule has 8 nitrogen and oxygen atoms in total. The Morgan fingerprint density at radius 3 is 2.72 bits per heavy atom. The Morgan fingerprint density at radius 2 is 1.96 bits per heavy atom. The lowest BCUT2D eigenvalue weighted by Crippen LogP contribution is -2.31. The lowest BCUT2D eigenvalue weighted by Gasteiger charge is -2.18. The van der Waals surface area contributed by atoms with Crippen LogP contribution in [-0.2, 0) is 0 Å². The molecule has 3 rings (SSSR count). The molecule has 1 amide bonds. The molecule has 2 aromatic rings. The van der Waals surface area contributed by atoms with Crippen molar-refractivity contribution < 1.29 is 19.0 Å². The summed E-state index contributed by atoms with van der Waals surface area (Å²) >= 11 is 0. The predicted molar refractivity (Wildman–Crippen MR) is 88.9 cm³/mol. The maximum Gasteiger partial charge on any atom is 0.278 e. The van der Waals surface area contributed by atoms with E-state index in [2.05, 4.69) is 15.0 Å². The first-order valence-electron chi connectivity index (χ1n) is 8.11. The van der Waals surface area contributed by atoms with E-state index in [4.69, 9.17) is 14.2 Å². The van der Waals surface area contributed by atoms with Crippen molar-refractivity contribution >= 4 is 5.91 Å². The minimum absolute atomic E-state index is 0.117. The number of methoxy groups -OCH3 is 1. The molecule has 1 atom stereocenters. The quantitative estimate of drug-likeness (QED) is 0.786. The molecule has 0 radical (unpaired) electrons. The summed E-state index contributed by atoms with van der Waals surface area (Å²) in [6.07, 6.45) is 5.23. The first-order valence-corrected chi connectivity index (χ1v) is 8.11. The maximum atomic E-state index is 12.8. The lowest BCUT2D eigenvalue weighted by atomic mass is 10.2. The van der Waals surface area contributed by atoms with Gasteiger partial charge in [-0.1, -0.05) is 0 Å². The first kappa shape index (κ1) is 16.9. The Hall–Kier alpha value is -2.90. The van der Waals surface area contributed by atoms with Crippen molar-refractivity contribution in [3.8, 4) is 17.6 Å². The summed E-state index contributed by atoms with van der Waals surface area (Å²) in [5, 5.41) is 0. The van der Waals surface area contributed by atoms with Crippen LogP contribution < -0.4 is 14.2 Å². The van der Waals surface area contributed by atoms with Crippen molar-refractivity contribution in [3.63, 3.8) is 0 Å². The van der Waals surface area contributed by atoms with Gasteiger partial charge in [-0.15, -0.1) is 0 Å². The van der Waals surface area contributed by atoms with Crippen LogP contribution in [-0.4, -0.2) is 58.7 Å². The van der Waals surface area contributed by atoms with Crippen LogP contribution in [0.5, 0.6) is 17.6 Å². The zero-order valence-electron chi connectivity index (χ0n) is 14.2. The van der Waals surface area contributed by atoms with Crippen LogP contribution in [0, 0.1) is 0 Å². The Morgan fingerprint density at radius 1 is 1.20 bits per heavy atom. The van der Waals surface area contributed by atoms with E-state index in [0.29, 0.717) is 49.3 Å². The van der Waals surface area contributed by atoms with Gasteiger partial charge in [-0.2, -0.15) is 0 Å². The summed E-state index contributed by atoms with van der Waals surface area (Å²) in [4.78, 5) is 26.8. The Kier molecular flexibility index (Phi) is 5.27. The SMILES string of the molecule is CCOc1ncccc1C(=O)N1CCC(Oc2nccnc2OC)C1. The van der Waals surface area contributed by atoms with Crippen LogP contribution in [0.1, 0.15) is 23.7 Å². The van der Waals surface area contributed by atoms with E-state index < -0.39 is 0 Å². The van der Waals surface area contributed by atoms with Gasteiger partial charge in [0, 0.05) is 31.6 Å². The second kappa shape index (κ2) is 7.78. The zero-order valence-corrected chi connectivity index (χ0v) is 14.2. The summed E-state index contributed by atoms with van der Waals surface area (Å²) in [7, 11) is 1.51. The van der Waals surface area contributed by atoms with Gasteiger partial charge < -0.3 is 19.1 Å². The van der Waals surface area contributed by atoms with Crippen LogP contribution in [0.2, 0.25) is 0 Å². The number of nitrogens with zero attached hydrogens (tertiary/aromatic N) is 4. The van der Waals surface area contributed by atoms with Gasteiger partial charge in [-0.3, -0.25) is 4.79 Å². The fourth-order valence-electron chi connectivity index (χ4n) is 2.68. The van der Waals surface area contributed by atoms with Crippen molar-refractivity contribution in [2.75, 3.05) is 26.8 Å². The van der Waals surface area contributed by atoms with Crippen LogP contribution in [0.4, 0.5) is 0 Å². The molecule has 2 aromatic heterocycles. The molecule has 8 heteroatoms. The molecule has 0 bridgehead atoms. The van der Waals surface area contributed by atoms with E-state index in [1.54, 1.807) is 29.4 Å². The monoisotopic (exact) mass is 344 g/mol. The molecule has 0 saturated carbocycles. The molecule has 1 aliphatic rings. The van der Waals surface area contributed by atoms with Crippen LogP contribution in [0.25, 0.3) is 0 Å². The number of likely N-dealkylation sites (tertiary alicyclic amines) is 1. The zero-order chi connectivity index (χ0) is 17.6. The third kappa shape index (κ3) is 3.78. The molecule has 1 saturated heterocycles. The molecule has 1 fully saturated rings. The number of carbonyl (C=O) groups is 1. The van der Waals surface area contributed by atoms with Gasteiger partial charge in [-0.25, -0.2) is 15.0 Å². The first-order chi connectivity index (χ1) is 12.2. The molecular formula is C17H20N4O4. The number of rotatable bonds is 6. The Labute approximate surface area is 145 Å². The number of hydrogen-bond acceptors (Lipinski definition) is 7. The molecule has 0 N–H and O–H groups in total. The largest absolute Gasteiger partial charge is 0.477 e. The van der Waals surface area contributed by atoms with Crippen molar-refractivity contribution in [2.24, 2.45) is 0 Å². The number of ether oxygens (including phenoxy) is 3. The van der Waals surface area contributed by atoms with Gasteiger partial charge in [-0.05, 0) is 19.1 Å². The van der Waals surface area contributed by atoms with Crippen LogP contribution in [0.15, 0.2) is 30.7 Å². The Bertz CT molecular complexity index is 740. The highest BCUT2D eigenvalue weighted by atomic mass is 16.5. The minimum atomic E-state index is -0.165. The number of amides is 1. The standard InChI is InChI=1S/C17H20N4O4/c1-3-24-14-13(5-4-7-18-14)17(22)21-10-6-12(11-21)25-16-15(23-2)19-8-9-20-16/h4-5,7-9,12H,3,6,10-11H2,1-2H3. The molecule has 132 valence electrons. The molecular weight excluding hydrogens is 324 g/mol. The van der Waals surface area contributed by atoms with E-state index in [1.807, 2.05) is 6.92 Å².